The topological polar surface area (TPSA) is 136 Å². The van der Waals surface area contributed by atoms with Gasteiger partial charge in [0.25, 0.3) is 11.4 Å². The molecule has 0 spiro atoms. The predicted molar refractivity (Wildman–Crippen MR) is 82.8 cm³/mol. The van der Waals surface area contributed by atoms with Crippen LogP contribution in [0.5, 0.6) is 0 Å². The lowest BCUT2D eigenvalue weighted by molar-refractivity contribution is -0.393. The van der Waals surface area contributed by atoms with Crippen molar-refractivity contribution in [3.05, 3.63) is 38.4 Å². The van der Waals surface area contributed by atoms with Crippen molar-refractivity contribution in [1.29, 1.82) is 0 Å². The number of hydrogen-bond acceptors (Lipinski definition) is 7. The van der Waals surface area contributed by atoms with Crippen LogP contribution >= 0.6 is 0 Å². The number of benzene rings is 1. The van der Waals surface area contributed by atoms with Crippen molar-refractivity contribution in [2.75, 3.05) is 24.7 Å². The van der Waals surface area contributed by atoms with Crippen LogP contribution in [0.25, 0.3) is 0 Å². The normalized spacial score (nSPS) is 16.9. The minimum atomic E-state index is -3.24. The molecule has 1 aliphatic heterocycles. The van der Waals surface area contributed by atoms with Gasteiger partial charge in [0, 0.05) is 25.2 Å². The van der Waals surface area contributed by atoms with Gasteiger partial charge in [-0.3, -0.25) is 20.2 Å². The Bertz CT molecular complexity index is 727. The summed E-state index contributed by atoms with van der Waals surface area (Å²) in [5.74, 6) is 0. The van der Waals surface area contributed by atoms with Crippen LogP contribution in [0.2, 0.25) is 0 Å². The van der Waals surface area contributed by atoms with Gasteiger partial charge in [-0.05, 0) is 18.9 Å². The van der Waals surface area contributed by atoms with Gasteiger partial charge in [-0.2, -0.15) is 0 Å². The second-order valence-electron chi connectivity index (χ2n) is 5.30. The molecular formula is C12H16N4O6S. The minimum Gasteiger partial charge on any atom is -0.377 e. The molecule has 0 amide bonds. The van der Waals surface area contributed by atoms with E-state index < -0.39 is 19.9 Å². The third kappa shape index (κ3) is 4.13. The van der Waals surface area contributed by atoms with E-state index in [-0.39, 0.29) is 23.1 Å². The number of hydrogen-bond donors (Lipinski definition) is 1. The minimum absolute atomic E-state index is 0.131. The van der Waals surface area contributed by atoms with E-state index in [4.69, 9.17) is 0 Å². The molecule has 2 rings (SSSR count). The number of non-ortho nitro benzene ring substituents is 1. The molecule has 126 valence electrons. The molecule has 0 radical (unpaired) electrons. The van der Waals surface area contributed by atoms with Crippen molar-refractivity contribution in [3.63, 3.8) is 0 Å². The van der Waals surface area contributed by atoms with Crippen LogP contribution in [0.15, 0.2) is 18.2 Å². The summed E-state index contributed by atoms with van der Waals surface area (Å²) in [4.78, 5) is 20.4. The summed E-state index contributed by atoms with van der Waals surface area (Å²) in [6, 6.07) is 3.28. The Morgan fingerprint density at radius 2 is 1.78 bits per heavy atom. The molecule has 1 aromatic rings. The van der Waals surface area contributed by atoms with Crippen molar-refractivity contribution in [3.8, 4) is 0 Å². The van der Waals surface area contributed by atoms with Gasteiger partial charge >= 0.3 is 0 Å². The van der Waals surface area contributed by atoms with Gasteiger partial charge in [0.05, 0.1) is 22.2 Å². The van der Waals surface area contributed by atoms with Crippen LogP contribution in [0.3, 0.4) is 0 Å². The lowest BCUT2D eigenvalue weighted by Gasteiger charge is -2.31. The lowest BCUT2D eigenvalue weighted by Crippen LogP contribution is -2.41. The summed E-state index contributed by atoms with van der Waals surface area (Å²) in [5.41, 5.74) is -0.530. The van der Waals surface area contributed by atoms with Crippen molar-refractivity contribution < 1.29 is 18.3 Å². The molecule has 0 unspecified atom stereocenters. The Hall–Kier alpha value is -2.27. The lowest BCUT2D eigenvalue weighted by atomic mass is 10.1. The van der Waals surface area contributed by atoms with Crippen LogP contribution in [-0.2, 0) is 10.0 Å². The molecule has 1 N–H and O–H groups in total. The first-order chi connectivity index (χ1) is 10.7. The molecule has 0 bridgehead atoms. The van der Waals surface area contributed by atoms with E-state index >= 15 is 0 Å². The Balaban J connectivity index is 2.12. The van der Waals surface area contributed by atoms with Gasteiger partial charge in [-0.1, -0.05) is 0 Å². The van der Waals surface area contributed by atoms with E-state index in [1.54, 1.807) is 0 Å². The average molecular weight is 344 g/mol. The van der Waals surface area contributed by atoms with Crippen LogP contribution in [-0.4, -0.2) is 48.0 Å². The van der Waals surface area contributed by atoms with E-state index in [9.17, 15) is 28.6 Å². The molecule has 0 aliphatic carbocycles. The van der Waals surface area contributed by atoms with Gasteiger partial charge in [0.15, 0.2) is 0 Å². The smallest absolute Gasteiger partial charge is 0.299 e. The Morgan fingerprint density at radius 3 is 2.26 bits per heavy atom. The highest BCUT2D eigenvalue weighted by Crippen LogP contribution is 2.30. The van der Waals surface area contributed by atoms with E-state index in [0.29, 0.717) is 25.9 Å². The summed E-state index contributed by atoms with van der Waals surface area (Å²) in [6.07, 6.45) is 2.14. The summed E-state index contributed by atoms with van der Waals surface area (Å²) < 4.78 is 24.3. The van der Waals surface area contributed by atoms with Gasteiger partial charge in [-0.15, -0.1) is 0 Å². The van der Waals surface area contributed by atoms with Gasteiger partial charge in [0.1, 0.15) is 5.69 Å². The summed E-state index contributed by atoms with van der Waals surface area (Å²) in [5, 5.41) is 24.8. The molecule has 0 atom stereocenters. The molecule has 10 nitrogen and oxygen atoms in total. The fourth-order valence-electron chi connectivity index (χ4n) is 2.46. The monoisotopic (exact) mass is 344 g/mol. The second kappa shape index (κ2) is 6.46. The quantitative estimate of drug-likeness (QED) is 0.628. The first-order valence-corrected chi connectivity index (χ1v) is 8.68. The highest BCUT2D eigenvalue weighted by atomic mass is 32.2. The molecule has 1 heterocycles. The number of nitro groups is 2. The van der Waals surface area contributed by atoms with E-state index in [2.05, 4.69) is 5.32 Å². The standard InChI is InChI=1S/C12H16N4O6S/c1-23(21,22)14-6-4-9(5-7-14)13-11-3-2-10(15(17)18)8-12(11)16(19)20/h2-3,8-9,13H,4-7H2,1H3. The first kappa shape index (κ1) is 17.1. The van der Waals surface area contributed by atoms with Crippen molar-refractivity contribution in [2.24, 2.45) is 0 Å². The van der Waals surface area contributed by atoms with E-state index in [1.165, 1.54) is 16.4 Å². The third-order valence-electron chi connectivity index (χ3n) is 3.67. The maximum atomic E-state index is 11.4. The molecule has 1 fully saturated rings. The largest absolute Gasteiger partial charge is 0.377 e. The maximum Gasteiger partial charge on any atom is 0.299 e. The van der Waals surface area contributed by atoms with Crippen LogP contribution in [0, 0.1) is 20.2 Å². The maximum absolute atomic E-state index is 11.4. The predicted octanol–water partition coefficient (Wildman–Crippen LogP) is 1.34. The summed E-state index contributed by atoms with van der Waals surface area (Å²) >= 11 is 0. The fraction of sp³-hybridized carbons (Fsp3) is 0.500. The Morgan fingerprint density at radius 1 is 1.17 bits per heavy atom. The van der Waals surface area contributed by atoms with E-state index in [1.807, 2.05) is 0 Å². The number of nitrogens with one attached hydrogen (secondary N) is 1. The molecule has 1 aromatic carbocycles. The van der Waals surface area contributed by atoms with Crippen LogP contribution in [0.4, 0.5) is 17.1 Å². The molecule has 1 saturated heterocycles. The zero-order valence-electron chi connectivity index (χ0n) is 12.3. The summed E-state index contributed by atoms with van der Waals surface area (Å²) in [6.45, 7) is 0.661. The molecule has 1 aliphatic rings. The number of rotatable bonds is 5. The van der Waals surface area contributed by atoms with Gasteiger partial charge in [0.2, 0.25) is 10.0 Å². The molecule has 0 saturated carbocycles. The second-order valence-corrected chi connectivity index (χ2v) is 7.28. The molecule has 23 heavy (non-hydrogen) atoms. The molecule has 11 heteroatoms. The number of anilines is 1. The number of nitrogens with zero attached hydrogens (tertiary/aromatic N) is 3. The fourth-order valence-corrected chi connectivity index (χ4v) is 3.33. The average Bonchev–Trinajstić information content (AvgIpc) is 2.46. The Labute approximate surface area is 132 Å². The zero-order chi connectivity index (χ0) is 17.2. The number of nitro benzene ring substituents is 2. The number of sulfonamides is 1. The molecule has 0 aromatic heterocycles. The Kier molecular flexibility index (Phi) is 4.80. The van der Waals surface area contributed by atoms with Crippen molar-refractivity contribution in [2.45, 2.75) is 18.9 Å². The van der Waals surface area contributed by atoms with Crippen molar-refractivity contribution in [1.82, 2.24) is 4.31 Å². The van der Waals surface area contributed by atoms with Crippen molar-refractivity contribution >= 4 is 27.1 Å². The zero-order valence-corrected chi connectivity index (χ0v) is 13.2. The summed E-state index contributed by atoms with van der Waals surface area (Å²) in [7, 11) is -3.24. The highest BCUT2D eigenvalue weighted by Gasteiger charge is 2.27. The SMILES string of the molecule is CS(=O)(=O)N1CCC(Nc2ccc([N+](=O)[O-])cc2[N+](=O)[O-])CC1. The first-order valence-electron chi connectivity index (χ1n) is 6.83. The third-order valence-corrected chi connectivity index (χ3v) is 4.97. The van der Waals surface area contributed by atoms with Crippen LogP contribution < -0.4 is 5.32 Å². The van der Waals surface area contributed by atoms with Gasteiger partial charge in [-0.25, -0.2) is 12.7 Å². The highest BCUT2D eigenvalue weighted by molar-refractivity contribution is 7.88. The van der Waals surface area contributed by atoms with E-state index in [0.717, 1.165) is 12.3 Å². The number of piperidine rings is 1. The molecular weight excluding hydrogens is 328 g/mol. The van der Waals surface area contributed by atoms with Crippen LogP contribution in [0.1, 0.15) is 12.8 Å². The van der Waals surface area contributed by atoms with Gasteiger partial charge < -0.3 is 5.32 Å².